The fourth-order valence-electron chi connectivity index (χ4n) is 2.93. The van der Waals surface area contributed by atoms with Crippen LogP contribution in [-0.4, -0.2) is 29.2 Å². The molecule has 1 aliphatic rings. The first kappa shape index (κ1) is 15.0. The number of anilines is 2. The molecule has 20 heavy (non-hydrogen) atoms. The highest BCUT2D eigenvalue weighted by atomic mass is 16.5. The van der Waals surface area contributed by atoms with Crippen LogP contribution in [-0.2, 0) is 11.3 Å². The zero-order valence-corrected chi connectivity index (χ0v) is 13.0. The van der Waals surface area contributed by atoms with E-state index < -0.39 is 0 Å². The molecule has 0 radical (unpaired) electrons. The van der Waals surface area contributed by atoms with Crippen molar-refractivity contribution >= 4 is 11.6 Å². The molecule has 2 N–H and O–H groups in total. The van der Waals surface area contributed by atoms with Crippen molar-refractivity contribution in [3.8, 4) is 0 Å². The molecule has 5 heteroatoms. The zero-order valence-electron chi connectivity index (χ0n) is 13.0. The molecule has 0 spiro atoms. The molecule has 3 atom stereocenters. The van der Waals surface area contributed by atoms with E-state index in [0.717, 1.165) is 12.4 Å². The SMILES string of the molecule is CCOCc1nc(N)cc(N2CC(C)CC(C)C2C)n1. The minimum atomic E-state index is 0.419. The molecule has 2 heterocycles. The van der Waals surface area contributed by atoms with Crippen molar-refractivity contribution in [3.63, 3.8) is 0 Å². The van der Waals surface area contributed by atoms with Gasteiger partial charge in [-0.25, -0.2) is 9.97 Å². The average molecular weight is 278 g/mol. The van der Waals surface area contributed by atoms with Gasteiger partial charge in [0.15, 0.2) is 5.82 Å². The number of rotatable bonds is 4. The Morgan fingerprint density at radius 1 is 1.35 bits per heavy atom. The summed E-state index contributed by atoms with van der Waals surface area (Å²) in [5, 5.41) is 0. The molecule has 0 aromatic carbocycles. The summed E-state index contributed by atoms with van der Waals surface area (Å²) in [6.07, 6.45) is 1.27. The Balaban J connectivity index is 2.24. The number of piperidine rings is 1. The Morgan fingerprint density at radius 2 is 2.10 bits per heavy atom. The highest BCUT2D eigenvalue weighted by Crippen LogP contribution is 2.30. The first-order valence-corrected chi connectivity index (χ1v) is 7.49. The van der Waals surface area contributed by atoms with Gasteiger partial charge in [-0.1, -0.05) is 13.8 Å². The molecule has 0 aliphatic carbocycles. The molecule has 2 rings (SSSR count). The number of hydrogen-bond acceptors (Lipinski definition) is 5. The zero-order chi connectivity index (χ0) is 14.7. The Hall–Kier alpha value is -1.36. The lowest BCUT2D eigenvalue weighted by atomic mass is 9.86. The average Bonchev–Trinajstić information content (AvgIpc) is 2.40. The predicted molar refractivity (Wildman–Crippen MR) is 81.5 cm³/mol. The second-order valence-corrected chi connectivity index (χ2v) is 5.92. The molecule has 112 valence electrons. The summed E-state index contributed by atoms with van der Waals surface area (Å²) in [7, 11) is 0. The van der Waals surface area contributed by atoms with E-state index in [0.29, 0.717) is 42.7 Å². The van der Waals surface area contributed by atoms with Gasteiger partial charge in [0.25, 0.3) is 0 Å². The normalized spacial score (nSPS) is 26.8. The van der Waals surface area contributed by atoms with Crippen molar-refractivity contribution in [1.82, 2.24) is 9.97 Å². The van der Waals surface area contributed by atoms with E-state index >= 15 is 0 Å². The third-order valence-corrected chi connectivity index (χ3v) is 4.11. The first-order chi connectivity index (χ1) is 9.51. The minimum absolute atomic E-state index is 0.419. The fraction of sp³-hybridized carbons (Fsp3) is 0.733. The highest BCUT2D eigenvalue weighted by Gasteiger charge is 2.29. The lowest BCUT2D eigenvalue weighted by molar-refractivity contribution is 0.128. The molecule has 1 aromatic heterocycles. The third kappa shape index (κ3) is 3.39. The lowest BCUT2D eigenvalue weighted by Gasteiger charge is -2.42. The largest absolute Gasteiger partial charge is 0.384 e. The van der Waals surface area contributed by atoms with Crippen molar-refractivity contribution in [2.75, 3.05) is 23.8 Å². The molecule has 1 aliphatic heterocycles. The molecule has 5 nitrogen and oxygen atoms in total. The topological polar surface area (TPSA) is 64.3 Å². The Bertz CT molecular complexity index is 451. The molecule has 0 saturated carbocycles. The van der Waals surface area contributed by atoms with E-state index in [4.69, 9.17) is 10.5 Å². The van der Waals surface area contributed by atoms with Gasteiger partial charge < -0.3 is 15.4 Å². The lowest BCUT2D eigenvalue weighted by Crippen LogP contribution is -2.46. The van der Waals surface area contributed by atoms with E-state index in [-0.39, 0.29) is 0 Å². The van der Waals surface area contributed by atoms with Crippen LogP contribution in [0.15, 0.2) is 6.07 Å². The molecule has 0 bridgehead atoms. The summed E-state index contributed by atoms with van der Waals surface area (Å²) < 4.78 is 5.39. The third-order valence-electron chi connectivity index (χ3n) is 4.11. The van der Waals surface area contributed by atoms with Crippen LogP contribution in [0, 0.1) is 11.8 Å². The van der Waals surface area contributed by atoms with Gasteiger partial charge in [0.05, 0.1) is 0 Å². The quantitative estimate of drug-likeness (QED) is 0.916. The van der Waals surface area contributed by atoms with Crippen molar-refractivity contribution < 1.29 is 4.74 Å². The van der Waals surface area contributed by atoms with E-state index in [1.807, 2.05) is 13.0 Å². The maximum atomic E-state index is 5.92. The number of nitrogens with zero attached hydrogens (tertiary/aromatic N) is 3. The summed E-state index contributed by atoms with van der Waals surface area (Å²) in [6.45, 7) is 10.9. The molecule has 1 aromatic rings. The summed E-state index contributed by atoms with van der Waals surface area (Å²) in [5.74, 6) is 3.44. The van der Waals surface area contributed by atoms with Crippen LogP contribution >= 0.6 is 0 Å². The molecule has 1 saturated heterocycles. The Labute approximate surface area is 121 Å². The summed E-state index contributed by atoms with van der Waals surface area (Å²) >= 11 is 0. The van der Waals surface area contributed by atoms with Gasteiger partial charge in [-0.3, -0.25) is 0 Å². The Kier molecular flexibility index (Phi) is 4.81. The van der Waals surface area contributed by atoms with Gasteiger partial charge in [0.2, 0.25) is 0 Å². The molecular formula is C15H26N4O. The summed E-state index contributed by atoms with van der Waals surface area (Å²) in [6, 6.07) is 2.34. The van der Waals surface area contributed by atoms with Gasteiger partial charge in [0.1, 0.15) is 18.2 Å². The van der Waals surface area contributed by atoms with Crippen molar-refractivity contribution in [2.45, 2.75) is 46.8 Å². The van der Waals surface area contributed by atoms with Crippen LogP contribution < -0.4 is 10.6 Å². The highest BCUT2D eigenvalue weighted by molar-refractivity contribution is 5.48. The second kappa shape index (κ2) is 6.39. The minimum Gasteiger partial charge on any atom is -0.384 e. The van der Waals surface area contributed by atoms with Crippen molar-refractivity contribution in [3.05, 3.63) is 11.9 Å². The standard InChI is InChI=1S/C15H26N4O/c1-5-20-9-14-17-13(16)7-15(18-14)19-8-10(2)6-11(3)12(19)4/h7,10-12H,5-6,8-9H2,1-4H3,(H2,16,17,18). The van der Waals surface area contributed by atoms with Gasteiger partial charge in [-0.2, -0.15) is 0 Å². The van der Waals surface area contributed by atoms with Crippen molar-refractivity contribution in [1.29, 1.82) is 0 Å². The number of nitrogens with two attached hydrogens (primary N) is 1. The van der Waals surface area contributed by atoms with Gasteiger partial charge in [0, 0.05) is 25.3 Å². The van der Waals surface area contributed by atoms with Crippen LogP contribution in [0.5, 0.6) is 0 Å². The molecule has 0 amide bonds. The van der Waals surface area contributed by atoms with Crippen LogP contribution in [0.25, 0.3) is 0 Å². The monoisotopic (exact) mass is 278 g/mol. The van der Waals surface area contributed by atoms with Gasteiger partial charge >= 0.3 is 0 Å². The maximum Gasteiger partial charge on any atom is 0.158 e. The van der Waals surface area contributed by atoms with Crippen LogP contribution in [0.1, 0.15) is 39.9 Å². The van der Waals surface area contributed by atoms with E-state index in [9.17, 15) is 0 Å². The van der Waals surface area contributed by atoms with Gasteiger partial charge in [-0.15, -0.1) is 0 Å². The Morgan fingerprint density at radius 3 is 2.80 bits per heavy atom. The fourth-order valence-corrected chi connectivity index (χ4v) is 2.93. The van der Waals surface area contributed by atoms with Crippen LogP contribution in [0.3, 0.4) is 0 Å². The van der Waals surface area contributed by atoms with Gasteiger partial charge in [-0.05, 0) is 32.1 Å². The summed E-state index contributed by atoms with van der Waals surface area (Å²) in [5.41, 5.74) is 5.92. The van der Waals surface area contributed by atoms with E-state index in [2.05, 4.69) is 35.6 Å². The number of ether oxygens (including phenoxy) is 1. The maximum absolute atomic E-state index is 5.92. The number of nitrogen functional groups attached to an aromatic ring is 1. The predicted octanol–water partition coefficient (Wildman–Crippen LogP) is 2.47. The number of hydrogen-bond donors (Lipinski definition) is 1. The first-order valence-electron chi connectivity index (χ1n) is 7.49. The van der Waals surface area contributed by atoms with E-state index in [1.165, 1.54) is 6.42 Å². The molecular weight excluding hydrogens is 252 g/mol. The molecule has 1 fully saturated rings. The van der Waals surface area contributed by atoms with Crippen LogP contribution in [0.4, 0.5) is 11.6 Å². The number of aromatic nitrogens is 2. The van der Waals surface area contributed by atoms with E-state index in [1.54, 1.807) is 0 Å². The summed E-state index contributed by atoms with van der Waals surface area (Å²) in [4.78, 5) is 11.2. The smallest absolute Gasteiger partial charge is 0.158 e. The second-order valence-electron chi connectivity index (χ2n) is 5.92. The molecule has 3 unspecified atom stereocenters. The van der Waals surface area contributed by atoms with Crippen LogP contribution in [0.2, 0.25) is 0 Å². The van der Waals surface area contributed by atoms with Crippen molar-refractivity contribution in [2.24, 2.45) is 11.8 Å².